The summed E-state index contributed by atoms with van der Waals surface area (Å²) in [6, 6.07) is 7.56. The molecule has 2 N–H and O–H groups in total. The van der Waals surface area contributed by atoms with Gasteiger partial charge in [0, 0.05) is 11.3 Å². The lowest BCUT2D eigenvalue weighted by molar-refractivity contribution is 0.267. The first-order chi connectivity index (χ1) is 9.65. The van der Waals surface area contributed by atoms with Crippen molar-refractivity contribution in [2.75, 3.05) is 11.9 Å². The van der Waals surface area contributed by atoms with Crippen LogP contribution in [0.4, 0.5) is 5.69 Å². The molecular weight excluding hydrogens is 322 g/mol. The minimum atomic E-state index is -0.0519. The average molecular weight is 340 g/mol. The van der Waals surface area contributed by atoms with Crippen LogP contribution >= 0.6 is 15.9 Å². The van der Waals surface area contributed by atoms with Crippen molar-refractivity contribution >= 4 is 21.6 Å². The van der Waals surface area contributed by atoms with Gasteiger partial charge in [-0.1, -0.05) is 0 Å². The van der Waals surface area contributed by atoms with Crippen LogP contribution in [0.5, 0.6) is 5.75 Å². The van der Waals surface area contributed by atoms with E-state index in [4.69, 9.17) is 9.15 Å². The third kappa shape index (κ3) is 3.35. The molecule has 0 aliphatic carbocycles. The largest absolute Gasteiger partial charge is 0.494 e. The van der Waals surface area contributed by atoms with Crippen molar-refractivity contribution in [2.45, 2.75) is 26.5 Å². The van der Waals surface area contributed by atoms with Gasteiger partial charge in [0.25, 0.3) is 0 Å². The number of ether oxygens (including phenoxy) is 1. The first kappa shape index (κ1) is 14.9. The van der Waals surface area contributed by atoms with E-state index in [0.29, 0.717) is 12.4 Å². The molecule has 2 aromatic rings. The summed E-state index contributed by atoms with van der Waals surface area (Å²) in [6.45, 7) is 4.46. The molecule has 20 heavy (non-hydrogen) atoms. The van der Waals surface area contributed by atoms with Gasteiger partial charge in [-0.15, -0.1) is 0 Å². The molecule has 1 unspecified atom stereocenters. The molecule has 0 saturated carbocycles. The van der Waals surface area contributed by atoms with Crippen LogP contribution < -0.4 is 10.1 Å². The van der Waals surface area contributed by atoms with E-state index in [1.165, 1.54) is 0 Å². The second-order valence-corrected chi connectivity index (χ2v) is 5.27. The summed E-state index contributed by atoms with van der Waals surface area (Å²) in [5, 5.41) is 12.7. The van der Waals surface area contributed by atoms with Crippen LogP contribution in [0.25, 0.3) is 0 Å². The first-order valence-corrected chi connectivity index (χ1v) is 7.31. The van der Waals surface area contributed by atoms with E-state index < -0.39 is 0 Å². The maximum Gasteiger partial charge on any atom is 0.139 e. The van der Waals surface area contributed by atoms with Crippen LogP contribution in [-0.2, 0) is 6.61 Å². The Kier molecular flexibility index (Phi) is 5.09. The second-order valence-electron chi connectivity index (χ2n) is 4.41. The average Bonchev–Trinajstić information content (AvgIpc) is 2.87. The highest BCUT2D eigenvalue weighted by Crippen LogP contribution is 2.29. The van der Waals surface area contributed by atoms with Crippen molar-refractivity contribution in [3.05, 3.63) is 46.3 Å². The fourth-order valence-corrected chi connectivity index (χ4v) is 2.56. The highest BCUT2D eigenvalue weighted by Gasteiger charge is 2.13. The Hall–Kier alpha value is -1.46. The van der Waals surface area contributed by atoms with Gasteiger partial charge in [-0.25, -0.2) is 0 Å². The molecule has 108 valence electrons. The van der Waals surface area contributed by atoms with Crippen molar-refractivity contribution in [3.63, 3.8) is 0 Å². The molecule has 2 rings (SSSR count). The van der Waals surface area contributed by atoms with Gasteiger partial charge in [-0.05, 0) is 54.0 Å². The topological polar surface area (TPSA) is 54.6 Å². The lowest BCUT2D eigenvalue weighted by Gasteiger charge is -2.16. The summed E-state index contributed by atoms with van der Waals surface area (Å²) >= 11 is 3.45. The molecular formula is C15H18BrNO3. The third-order valence-corrected chi connectivity index (χ3v) is 3.61. The molecule has 0 aliphatic rings. The minimum absolute atomic E-state index is 0.0175. The van der Waals surface area contributed by atoms with Crippen LogP contribution in [0.15, 0.2) is 39.4 Å². The van der Waals surface area contributed by atoms with Gasteiger partial charge >= 0.3 is 0 Å². The summed E-state index contributed by atoms with van der Waals surface area (Å²) in [5.41, 5.74) is 1.68. The van der Waals surface area contributed by atoms with E-state index in [1.807, 2.05) is 38.1 Å². The Balaban J connectivity index is 2.15. The molecule has 1 aromatic heterocycles. The Morgan fingerprint density at radius 3 is 2.80 bits per heavy atom. The normalized spacial score (nSPS) is 12.2. The highest BCUT2D eigenvalue weighted by molar-refractivity contribution is 9.10. The smallest absolute Gasteiger partial charge is 0.139 e. The zero-order valence-corrected chi connectivity index (χ0v) is 13.1. The Bertz CT molecular complexity index is 568. The van der Waals surface area contributed by atoms with E-state index in [-0.39, 0.29) is 12.6 Å². The summed E-state index contributed by atoms with van der Waals surface area (Å²) in [7, 11) is 0. The van der Waals surface area contributed by atoms with Gasteiger partial charge in [0.05, 0.1) is 30.0 Å². The van der Waals surface area contributed by atoms with Crippen LogP contribution in [0.1, 0.15) is 31.2 Å². The van der Waals surface area contributed by atoms with Crippen LogP contribution in [-0.4, -0.2) is 11.7 Å². The van der Waals surface area contributed by atoms with Gasteiger partial charge < -0.3 is 19.6 Å². The molecule has 1 aromatic carbocycles. The third-order valence-electron chi connectivity index (χ3n) is 2.95. The molecule has 0 fully saturated rings. The van der Waals surface area contributed by atoms with Crippen LogP contribution in [0.2, 0.25) is 0 Å². The number of rotatable bonds is 6. The molecule has 0 bridgehead atoms. The molecule has 0 aliphatic heterocycles. The maximum absolute atomic E-state index is 9.40. The fourth-order valence-electron chi connectivity index (χ4n) is 2.02. The van der Waals surface area contributed by atoms with Gasteiger partial charge in [0.1, 0.15) is 11.5 Å². The number of anilines is 1. The summed E-state index contributed by atoms with van der Waals surface area (Å²) in [4.78, 5) is 0. The van der Waals surface area contributed by atoms with Gasteiger partial charge in [-0.2, -0.15) is 0 Å². The molecule has 5 heteroatoms. The monoisotopic (exact) mass is 339 g/mol. The number of halogens is 1. The van der Waals surface area contributed by atoms with Gasteiger partial charge in [0.2, 0.25) is 0 Å². The van der Waals surface area contributed by atoms with Crippen molar-refractivity contribution in [1.82, 2.24) is 0 Å². The zero-order valence-electron chi connectivity index (χ0n) is 11.5. The van der Waals surface area contributed by atoms with Gasteiger partial charge in [-0.3, -0.25) is 0 Å². The minimum Gasteiger partial charge on any atom is -0.494 e. The van der Waals surface area contributed by atoms with Crippen molar-refractivity contribution in [3.8, 4) is 5.75 Å². The number of furan rings is 1. The Labute approximate surface area is 126 Å². The molecule has 0 radical (unpaired) electrons. The number of benzene rings is 1. The molecule has 0 amide bonds. The SMILES string of the molecule is CCOc1ccc(NC(C)c2occc2Br)cc1CO. The van der Waals surface area contributed by atoms with E-state index in [1.54, 1.807) is 6.26 Å². The first-order valence-electron chi connectivity index (χ1n) is 6.51. The van der Waals surface area contributed by atoms with Crippen molar-refractivity contribution in [1.29, 1.82) is 0 Å². The maximum atomic E-state index is 9.40. The molecule has 0 saturated heterocycles. The van der Waals surface area contributed by atoms with E-state index in [2.05, 4.69) is 21.2 Å². The molecule has 1 atom stereocenters. The lowest BCUT2D eigenvalue weighted by atomic mass is 10.1. The second kappa shape index (κ2) is 6.81. The Morgan fingerprint density at radius 2 is 2.20 bits per heavy atom. The fraction of sp³-hybridized carbons (Fsp3) is 0.333. The highest BCUT2D eigenvalue weighted by atomic mass is 79.9. The van der Waals surface area contributed by atoms with Crippen LogP contribution in [0.3, 0.4) is 0 Å². The zero-order chi connectivity index (χ0) is 14.5. The van der Waals surface area contributed by atoms with E-state index in [0.717, 1.165) is 21.5 Å². The van der Waals surface area contributed by atoms with E-state index in [9.17, 15) is 5.11 Å². The van der Waals surface area contributed by atoms with E-state index >= 15 is 0 Å². The number of hydrogen-bond acceptors (Lipinski definition) is 4. The van der Waals surface area contributed by atoms with Crippen molar-refractivity contribution in [2.24, 2.45) is 0 Å². The van der Waals surface area contributed by atoms with Crippen molar-refractivity contribution < 1.29 is 14.3 Å². The predicted molar refractivity (Wildman–Crippen MR) is 82.0 cm³/mol. The number of aliphatic hydroxyl groups is 1. The van der Waals surface area contributed by atoms with Crippen LogP contribution in [0, 0.1) is 0 Å². The molecule has 4 nitrogen and oxygen atoms in total. The standard InChI is InChI=1S/C15H18BrNO3/c1-3-19-14-5-4-12(8-11(14)9-18)17-10(2)15-13(16)6-7-20-15/h4-8,10,17-18H,3,9H2,1-2H3. The summed E-state index contributed by atoms with van der Waals surface area (Å²) < 4.78 is 11.8. The number of hydrogen-bond donors (Lipinski definition) is 2. The molecule has 1 heterocycles. The lowest BCUT2D eigenvalue weighted by Crippen LogP contribution is -2.07. The quantitative estimate of drug-likeness (QED) is 0.831. The summed E-state index contributed by atoms with van der Waals surface area (Å²) in [6.07, 6.45) is 1.65. The van der Waals surface area contributed by atoms with Gasteiger partial charge in [0.15, 0.2) is 0 Å². The predicted octanol–water partition coefficient (Wildman–Crippen LogP) is 4.11. The number of aliphatic hydroxyl groups excluding tert-OH is 1. The number of nitrogens with one attached hydrogen (secondary N) is 1. The molecule has 0 spiro atoms. The summed E-state index contributed by atoms with van der Waals surface area (Å²) in [5.74, 6) is 1.55. The Morgan fingerprint density at radius 1 is 1.40 bits per heavy atom.